The topological polar surface area (TPSA) is 73.0 Å². The first kappa shape index (κ1) is 19.5. The van der Waals surface area contributed by atoms with Gasteiger partial charge in [0, 0.05) is 17.9 Å². The molecule has 142 valence electrons. The van der Waals surface area contributed by atoms with Crippen molar-refractivity contribution in [1.82, 2.24) is 14.8 Å². The number of nitrogens with zero attached hydrogens (tertiary/aromatic N) is 4. The van der Waals surface area contributed by atoms with Gasteiger partial charge in [0.05, 0.1) is 25.9 Å². The van der Waals surface area contributed by atoms with E-state index in [9.17, 15) is 0 Å². The molecular weight excluding hydrogens is 372 g/mol. The lowest BCUT2D eigenvalue weighted by atomic mass is 10.2. The van der Waals surface area contributed by atoms with Crippen molar-refractivity contribution in [3.8, 4) is 29.0 Å². The zero-order valence-electron chi connectivity index (χ0n) is 15.8. The first-order valence-electron chi connectivity index (χ1n) is 8.58. The molecule has 3 rings (SSSR count). The Morgan fingerprint density at radius 1 is 1.14 bits per heavy atom. The lowest BCUT2D eigenvalue weighted by Gasteiger charge is -2.11. The molecule has 2 aromatic carbocycles. The average molecular weight is 392 g/mol. The normalized spacial score (nSPS) is 10.3. The lowest BCUT2D eigenvalue weighted by molar-refractivity contribution is 0.355. The van der Waals surface area contributed by atoms with E-state index >= 15 is 0 Å². The standard InChI is InChI=1S/C21H20N4O2S/c1-4-10-25-20(17-8-9-18(26-2)19(12-17)27-3)23-24-21(25)28-14-16-7-5-6-15(11-16)13-22/h4-9,11-12H,1,10,14H2,2-3H3. The number of benzene rings is 2. The van der Waals surface area contributed by atoms with Gasteiger partial charge < -0.3 is 9.47 Å². The lowest BCUT2D eigenvalue weighted by Crippen LogP contribution is -2.01. The number of methoxy groups -OCH3 is 2. The van der Waals surface area contributed by atoms with Gasteiger partial charge in [0.1, 0.15) is 0 Å². The minimum Gasteiger partial charge on any atom is -0.493 e. The average Bonchev–Trinajstić information content (AvgIpc) is 3.14. The first-order chi connectivity index (χ1) is 13.7. The molecule has 0 saturated carbocycles. The predicted octanol–water partition coefficient (Wildman–Crippen LogP) is 4.31. The summed E-state index contributed by atoms with van der Waals surface area (Å²) in [6.45, 7) is 4.43. The van der Waals surface area contributed by atoms with Gasteiger partial charge in [-0.2, -0.15) is 5.26 Å². The highest BCUT2D eigenvalue weighted by Crippen LogP contribution is 2.33. The summed E-state index contributed by atoms with van der Waals surface area (Å²) in [4.78, 5) is 0. The number of allylic oxidation sites excluding steroid dienone is 1. The smallest absolute Gasteiger partial charge is 0.192 e. The summed E-state index contributed by atoms with van der Waals surface area (Å²) in [5.74, 6) is 2.72. The summed E-state index contributed by atoms with van der Waals surface area (Å²) >= 11 is 1.57. The van der Waals surface area contributed by atoms with Gasteiger partial charge in [-0.05, 0) is 35.9 Å². The van der Waals surface area contributed by atoms with E-state index in [0.717, 1.165) is 22.1 Å². The van der Waals surface area contributed by atoms with Gasteiger partial charge in [0.2, 0.25) is 0 Å². The Labute approximate surface area is 168 Å². The van der Waals surface area contributed by atoms with Crippen LogP contribution in [0, 0.1) is 11.3 Å². The second-order valence-electron chi connectivity index (χ2n) is 5.88. The van der Waals surface area contributed by atoms with Crippen LogP contribution in [0.3, 0.4) is 0 Å². The van der Waals surface area contributed by atoms with Gasteiger partial charge in [-0.3, -0.25) is 4.57 Å². The Hall–Kier alpha value is -3.24. The Kier molecular flexibility index (Phi) is 6.35. The van der Waals surface area contributed by atoms with Crippen molar-refractivity contribution in [1.29, 1.82) is 5.26 Å². The largest absolute Gasteiger partial charge is 0.493 e. The molecule has 28 heavy (non-hydrogen) atoms. The molecule has 1 aromatic heterocycles. The second kappa shape index (κ2) is 9.11. The maximum absolute atomic E-state index is 9.06. The molecule has 0 amide bonds. The van der Waals surface area contributed by atoms with E-state index in [2.05, 4.69) is 22.8 Å². The van der Waals surface area contributed by atoms with Gasteiger partial charge >= 0.3 is 0 Å². The van der Waals surface area contributed by atoms with E-state index in [4.69, 9.17) is 14.7 Å². The van der Waals surface area contributed by atoms with Gasteiger partial charge in [0.25, 0.3) is 0 Å². The molecule has 0 atom stereocenters. The van der Waals surface area contributed by atoms with Crippen molar-refractivity contribution >= 4 is 11.8 Å². The Morgan fingerprint density at radius 3 is 2.68 bits per heavy atom. The van der Waals surface area contributed by atoms with Crippen LogP contribution in [0.2, 0.25) is 0 Å². The number of hydrogen-bond acceptors (Lipinski definition) is 6. The van der Waals surface area contributed by atoms with E-state index in [-0.39, 0.29) is 0 Å². The summed E-state index contributed by atoms with van der Waals surface area (Å²) in [5, 5.41) is 18.6. The van der Waals surface area contributed by atoms with Crippen molar-refractivity contribution < 1.29 is 9.47 Å². The van der Waals surface area contributed by atoms with E-state index in [1.807, 2.05) is 47.0 Å². The third-order valence-electron chi connectivity index (χ3n) is 4.09. The first-order valence-corrected chi connectivity index (χ1v) is 9.57. The molecule has 0 saturated heterocycles. The van der Waals surface area contributed by atoms with Crippen LogP contribution in [-0.4, -0.2) is 29.0 Å². The molecule has 3 aromatic rings. The van der Waals surface area contributed by atoms with E-state index in [0.29, 0.717) is 29.4 Å². The van der Waals surface area contributed by atoms with Crippen LogP contribution < -0.4 is 9.47 Å². The van der Waals surface area contributed by atoms with Crippen molar-refractivity contribution in [3.63, 3.8) is 0 Å². The number of rotatable bonds is 8. The molecule has 0 unspecified atom stereocenters. The highest BCUT2D eigenvalue weighted by Gasteiger charge is 2.16. The Morgan fingerprint density at radius 2 is 1.96 bits per heavy atom. The van der Waals surface area contributed by atoms with Crippen molar-refractivity contribution in [3.05, 3.63) is 66.2 Å². The maximum Gasteiger partial charge on any atom is 0.192 e. The molecule has 0 spiro atoms. The quantitative estimate of drug-likeness (QED) is 0.420. The summed E-state index contributed by atoms with van der Waals surface area (Å²) in [5.41, 5.74) is 2.59. The molecule has 1 heterocycles. The van der Waals surface area contributed by atoms with Crippen LogP contribution in [0.25, 0.3) is 11.4 Å². The number of hydrogen-bond donors (Lipinski definition) is 0. The van der Waals surface area contributed by atoms with Crippen LogP contribution in [-0.2, 0) is 12.3 Å². The summed E-state index contributed by atoms with van der Waals surface area (Å²) < 4.78 is 12.7. The van der Waals surface area contributed by atoms with Crippen LogP contribution in [0.1, 0.15) is 11.1 Å². The molecule has 0 fully saturated rings. The van der Waals surface area contributed by atoms with Gasteiger partial charge in [-0.25, -0.2) is 0 Å². The second-order valence-corrected chi connectivity index (χ2v) is 6.82. The number of thioether (sulfide) groups is 1. The molecule has 0 aliphatic rings. The number of ether oxygens (including phenoxy) is 2. The fraction of sp³-hybridized carbons (Fsp3) is 0.190. The SMILES string of the molecule is C=CCn1c(SCc2cccc(C#N)c2)nnc1-c1ccc(OC)c(OC)c1. The van der Waals surface area contributed by atoms with Crippen LogP contribution in [0.5, 0.6) is 11.5 Å². The van der Waals surface area contributed by atoms with E-state index < -0.39 is 0 Å². The third-order valence-corrected chi connectivity index (χ3v) is 5.13. The van der Waals surface area contributed by atoms with Crippen LogP contribution in [0.4, 0.5) is 0 Å². The number of nitriles is 1. The molecule has 0 N–H and O–H groups in total. The van der Waals surface area contributed by atoms with Crippen LogP contribution in [0.15, 0.2) is 60.3 Å². The molecule has 0 aliphatic heterocycles. The monoisotopic (exact) mass is 392 g/mol. The van der Waals surface area contributed by atoms with E-state index in [1.54, 1.807) is 32.0 Å². The summed E-state index contributed by atoms with van der Waals surface area (Å²) in [6.07, 6.45) is 1.81. The highest BCUT2D eigenvalue weighted by molar-refractivity contribution is 7.98. The minimum atomic E-state index is 0.581. The fourth-order valence-electron chi connectivity index (χ4n) is 2.76. The zero-order valence-corrected chi connectivity index (χ0v) is 16.6. The maximum atomic E-state index is 9.06. The van der Waals surface area contributed by atoms with E-state index in [1.165, 1.54) is 0 Å². The van der Waals surface area contributed by atoms with Crippen LogP contribution >= 0.6 is 11.8 Å². The molecule has 0 bridgehead atoms. The molecule has 7 heteroatoms. The highest BCUT2D eigenvalue weighted by atomic mass is 32.2. The molecular formula is C21H20N4O2S. The van der Waals surface area contributed by atoms with Gasteiger partial charge in [-0.15, -0.1) is 16.8 Å². The summed E-state index contributed by atoms with van der Waals surface area (Å²) in [7, 11) is 3.21. The fourth-order valence-corrected chi connectivity index (χ4v) is 3.65. The predicted molar refractivity (Wildman–Crippen MR) is 109 cm³/mol. The van der Waals surface area contributed by atoms with Crippen molar-refractivity contribution in [2.24, 2.45) is 0 Å². The molecule has 0 radical (unpaired) electrons. The minimum absolute atomic E-state index is 0.581. The third kappa shape index (κ3) is 4.18. The van der Waals surface area contributed by atoms with Gasteiger partial charge in [0.15, 0.2) is 22.5 Å². The summed E-state index contributed by atoms with van der Waals surface area (Å²) in [6, 6.07) is 15.4. The molecule has 6 nitrogen and oxygen atoms in total. The van der Waals surface area contributed by atoms with Gasteiger partial charge in [-0.1, -0.05) is 30.0 Å². The zero-order chi connectivity index (χ0) is 19.9. The Balaban J connectivity index is 1.89. The van der Waals surface area contributed by atoms with Crippen molar-refractivity contribution in [2.75, 3.05) is 14.2 Å². The number of aromatic nitrogens is 3. The van der Waals surface area contributed by atoms with Crippen molar-refractivity contribution in [2.45, 2.75) is 17.5 Å². The Bertz CT molecular complexity index is 1020. The molecule has 0 aliphatic carbocycles.